The second-order valence-electron chi connectivity index (χ2n) is 13.3. The molecule has 2 bridgehead atoms. The topological polar surface area (TPSA) is 132 Å². The van der Waals surface area contributed by atoms with E-state index in [0.29, 0.717) is 40.9 Å². The number of aliphatic hydroxyl groups is 1. The molecule has 0 atom stereocenters. The maximum atomic E-state index is 13.7. The van der Waals surface area contributed by atoms with Crippen molar-refractivity contribution in [2.24, 2.45) is 11.8 Å². The number of amides is 1. The van der Waals surface area contributed by atoms with E-state index >= 15 is 0 Å². The number of nitrogens with one attached hydrogen (secondary N) is 2. The van der Waals surface area contributed by atoms with Crippen molar-refractivity contribution in [2.45, 2.75) is 101 Å². The zero-order valence-corrected chi connectivity index (χ0v) is 23.9. The van der Waals surface area contributed by atoms with Gasteiger partial charge in [0.05, 0.1) is 45.5 Å². The summed E-state index contributed by atoms with van der Waals surface area (Å²) < 4.78 is 1.76. The maximum absolute atomic E-state index is 13.7. The summed E-state index contributed by atoms with van der Waals surface area (Å²) in [5.41, 5.74) is 3.32. The highest BCUT2D eigenvalue weighted by Crippen LogP contribution is 2.48. The zero-order chi connectivity index (χ0) is 28.9. The molecule has 5 saturated carbocycles. The van der Waals surface area contributed by atoms with E-state index in [0.717, 1.165) is 93.9 Å². The van der Waals surface area contributed by atoms with Gasteiger partial charge in [0.1, 0.15) is 11.9 Å². The van der Waals surface area contributed by atoms with E-state index in [1.54, 1.807) is 16.8 Å². The monoisotopic (exact) mass is 566 g/mol. The summed E-state index contributed by atoms with van der Waals surface area (Å²) in [4.78, 5) is 30.7. The van der Waals surface area contributed by atoms with Crippen molar-refractivity contribution >= 4 is 22.9 Å². The van der Waals surface area contributed by atoms with E-state index in [-0.39, 0.29) is 17.5 Å². The van der Waals surface area contributed by atoms with E-state index in [1.807, 2.05) is 18.2 Å². The lowest BCUT2D eigenvalue weighted by Gasteiger charge is -2.51. The molecule has 0 radical (unpaired) electrons. The summed E-state index contributed by atoms with van der Waals surface area (Å²) in [6, 6.07) is 9.80. The molecule has 0 spiro atoms. The first-order chi connectivity index (χ1) is 20.3. The molecule has 1 amide bonds. The Bertz CT molecular complexity index is 1550. The number of fused-ring (bicyclic) bond motifs is 4. The summed E-state index contributed by atoms with van der Waals surface area (Å²) in [7, 11) is 0. The minimum Gasteiger partial charge on any atom is -0.390 e. The fourth-order valence-corrected chi connectivity index (χ4v) is 7.40. The van der Waals surface area contributed by atoms with Crippen molar-refractivity contribution in [1.82, 2.24) is 19.9 Å². The first kappa shape index (κ1) is 27.1. The van der Waals surface area contributed by atoms with Crippen molar-refractivity contribution in [3.05, 3.63) is 47.8 Å². The fraction of sp³-hybridized carbons (Fsp3) is 0.545. The maximum Gasteiger partial charge on any atom is 0.255 e. The smallest absolute Gasteiger partial charge is 0.255 e. The number of pyridine rings is 1. The van der Waals surface area contributed by atoms with Crippen LogP contribution in [0.5, 0.6) is 0 Å². The largest absolute Gasteiger partial charge is 0.390 e. The number of hydrogen-bond donors (Lipinski definition) is 3. The molecule has 3 heterocycles. The van der Waals surface area contributed by atoms with Gasteiger partial charge in [0.25, 0.3) is 5.91 Å². The molecule has 8 rings (SSSR count). The molecule has 0 saturated heterocycles. The second kappa shape index (κ2) is 10.5. The number of Topliss-reactive ketones (excluding diaryl/α,β-unsaturated/α-hetero) is 1. The Morgan fingerprint density at radius 2 is 1.74 bits per heavy atom. The minimum atomic E-state index is -0.548. The molecule has 9 nitrogen and oxygen atoms in total. The molecule has 5 fully saturated rings. The molecule has 42 heavy (non-hydrogen) atoms. The van der Waals surface area contributed by atoms with Crippen LogP contribution in [0.3, 0.4) is 0 Å². The van der Waals surface area contributed by atoms with Crippen LogP contribution in [0.4, 0.5) is 5.69 Å². The van der Waals surface area contributed by atoms with Gasteiger partial charge in [-0.1, -0.05) is 0 Å². The Kier molecular flexibility index (Phi) is 6.77. The van der Waals surface area contributed by atoms with Crippen LogP contribution >= 0.6 is 0 Å². The number of nitriles is 1. The zero-order valence-electron chi connectivity index (χ0n) is 23.9. The van der Waals surface area contributed by atoms with Crippen molar-refractivity contribution < 1.29 is 14.7 Å². The average Bonchev–Trinajstić information content (AvgIpc) is 3.78. The van der Waals surface area contributed by atoms with Gasteiger partial charge < -0.3 is 15.7 Å². The van der Waals surface area contributed by atoms with Crippen LogP contribution in [0.1, 0.15) is 99.4 Å². The van der Waals surface area contributed by atoms with E-state index < -0.39 is 5.60 Å². The predicted molar refractivity (Wildman–Crippen MR) is 158 cm³/mol. The van der Waals surface area contributed by atoms with Gasteiger partial charge >= 0.3 is 0 Å². The highest BCUT2D eigenvalue weighted by Gasteiger charge is 2.48. The van der Waals surface area contributed by atoms with Crippen LogP contribution in [0, 0.1) is 23.2 Å². The van der Waals surface area contributed by atoms with Crippen LogP contribution in [-0.2, 0) is 4.79 Å². The second-order valence-corrected chi connectivity index (χ2v) is 13.3. The number of ketones is 1. The van der Waals surface area contributed by atoms with Crippen molar-refractivity contribution in [3.8, 4) is 17.5 Å². The summed E-state index contributed by atoms with van der Waals surface area (Å²) in [5, 5.41) is 31.5. The molecule has 3 N–H and O–H groups in total. The Morgan fingerprint density at radius 3 is 2.43 bits per heavy atom. The lowest BCUT2D eigenvalue weighted by molar-refractivity contribution is -0.121. The molecule has 3 aromatic rings. The van der Waals surface area contributed by atoms with E-state index in [2.05, 4.69) is 21.8 Å². The van der Waals surface area contributed by atoms with Crippen LogP contribution in [0.2, 0.25) is 0 Å². The number of anilines is 1. The first-order valence-corrected chi connectivity index (χ1v) is 15.5. The highest BCUT2D eigenvalue weighted by atomic mass is 16.3. The van der Waals surface area contributed by atoms with Gasteiger partial charge in [-0.25, -0.2) is 4.52 Å². The van der Waals surface area contributed by atoms with E-state index in [1.165, 1.54) is 6.20 Å². The third-order valence-electron chi connectivity index (χ3n) is 10.4. The standard InChI is InChI=1S/C33H38N6O3/c34-18-22-15-25-7-8-29(39(25)36-19-22)28-17-27(38-32-9-12-33(42,13-10-32)14-11-32)26(20-35-28)31(41)37-24-5-1-21(2-6-24)16-30(40)23-3-4-23/h7-8,15,17,19-21,23-24,42H,1-6,9-14,16H2,(H,35,38)(H,37,41). The Balaban J connectivity index is 1.13. The minimum absolute atomic E-state index is 0.0861. The molecule has 0 aliphatic heterocycles. The van der Waals surface area contributed by atoms with Crippen molar-refractivity contribution in [3.63, 3.8) is 0 Å². The van der Waals surface area contributed by atoms with Gasteiger partial charge in [-0.05, 0) is 107 Å². The van der Waals surface area contributed by atoms with Gasteiger partial charge in [-0.15, -0.1) is 0 Å². The summed E-state index contributed by atoms with van der Waals surface area (Å²) in [6.07, 6.45) is 14.6. The lowest BCUT2D eigenvalue weighted by Crippen LogP contribution is -2.54. The molecule has 0 aromatic carbocycles. The summed E-state index contributed by atoms with van der Waals surface area (Å²) >= 11 is 0. The van der Waals surface area contributed by atoms with E-state index in [4.69, 9.17) is 4.98 Å². The molecular weight excluding hydrogens is 528 g/mol. The molecule has 0 unspecified atom stereocenters. The van der Waals surface area contributed by atoms with Crippen LogP contribution in [0.15, 0.2) is 36.7 Å². The number of aromatic nitrogens is 3. The van der Waals surface area contributed by atoms with Crippen molar-refractivity contribution in [1.29, 1.82) is 5.26 Å². The third-order valence-corrected chi connectivity index (χ3v) is 10.4. The van der Waals surface area contributed by atoms with Gasteiger partial charge in [0, 0.05) is 30.1 Å². The van der Waals surface area contributed by atoms with Crippen LogP contribution in [-0.4, -0.2) is 48.6 Å². The van der Waals surface area contributed by atoms with Gasteiger partial charge in [0.2, 0.25) is 0 Å². The highest BCUT2D eigenvalue weighted by molar-refractivity contribution is 6.00. The summed E-state index contributed by atoms with van der Waals surface area (Å²) in [5.74, 6) is 1.06. The van der Waals surface area contributed by atoms with E-state index in [9.17, 15) is 20.0 Å². The predicted octanol–water partition coefficient (Wildman–Crippen LogP) is 5.18. The molecule has 5 aliphatic rings. The van der Waals surface area contributed by atoms with Crippen LogP contribution < -0.4 is 10.6 Å². The fourth-order valence-electron chi connectivity index (χ4n) is 7.40. The molecule has 9 heteroatoms. The molecule has 3 aromatic heterocycles. The van der Waals surface area contributed by atoms with Gasteiger partial charge in [-0.2, -0.15) is 10.4 Å². The van der Waals surface area contributed by atoms with Crippen molar-refractivity contribution in [2.75, 3.05) is 5.32 Å². The Hall–Kier alpha value is -3.77. The number of nitrogens with zero attached hydrogens (tertiary/aromatic N) is 4. The Labute approximate surface area is 245 Å². The molecule has 5 aliphatic carbocycles. The summed E-state index contributed by atoms with van der Waals surface area (Å²) in [6.45, 7) is 0. The third kappa shape index (κ3) is 5.29. The molecular formula is C33H38N6O3. The molecule has 218 valence electrons. The number of hydrogen-bond acceptors (Lipinski definition) is 7. The SMILES string of the molecule is N#Cc1cnn2c(-c3cc(NC45CCC(O)(CC4)CC5)c(C(=O)NC4CCC(CC(=O)C5CC5)CC4)cn3)ccc2c1. The quantitative estimate of drug-likeness (QED) is 0.342. The Morgan fingerprint density at radius 1 is 1.00 bits per heavy atom. The number of rotatable bonds is 8. The van der Waals surface area contributed by atoms with Crippen LogP contribution in [0.25, 0.3) is 16.9 Å². The normalized spacial score (nSPS) is 28.8. The first-order valence-electron chi connectivity index (χ1n) is 15.5. The number of carbonyl (C=O) groups excluding carboxylic acids is 2. The van der Waals surface area contributed by atoms with Gasteiger partial charge in [0.15, 0.2) is 0 Å². The number of carbonyl (C=O) groups is 2. The lowest BCUT2D eigenvalue weighted by atomic mass is 9.63. The average molecular weight is 567 g/mol. The van der Waals surface area contributed by atoms with Gasteiger partial charge in [-0.3, -0.25) is 14.6 Å².